The summed E-state index contributed by atoms with van der Waals surface area (Å²) < 4.78 is 36.5. The van der Waals surface area contributed by atoms with Crippen molar-refractivity contribution in [2.24, 2.45) is 0 Å². The minimum Gasteiger partial charge on any atom is -0.493 e. The molecule has 0 saturated carbocycles. The molecule has 0 aliphatic carbocycles. The molecule has 0 N–H and O–H groups in total. The number of rotatable bonds is 5. The first-order valence-electron chi connectivity index (χ1n) is 11.3. The Hall–Kier alpha value is -3.85. The van der Waals surface area contributed by atoms with Gasteiger partial charge in [-0.25, -0.2) is 4.39 Å². The average Bonchev–Trinajstić information content (AvgIpc) is 2.88. The number of halogens is 1. The third kappa shape index (κ3) is 3.71. The van der Waals surface area contributed by atoms with E-state index in [1.807, 2.05) is 31.2 Å². The average molecular weight is 509 g/mol. The molecule has 36 heavy (non-hydrogen) atoms. The number of carbonyl (C=O) groups is 1. The first-order chi connectivity index (χ1) is 17.3. The van der Waals surface area contributed by atoms with Crippen molar-refractivity contribution in [3.05, 3.63) is 77.6 Å². The number of methoxy groups -OCH3 is 3. The van der Waals surface area contributed by atoms with Gasteiger partial charge in [0.25, 0.3) is 5.91 Å². The highest BCUT2D eigenvalue weighted by atomic mass is 32.1. The van der Waals surface area contributed by atoms with Crippen LogP contribution in [0.2, 0.25) is 0 Å². The number of benzene rings is 3. The molecule has 2 atom stereocenters. The van der Waals surface area contributed by atoms with E-state index in [1.165, 1.54) is 33.5 Å². The molecule has 3 aromatic rings. The van der Waals surface area contributed by atoms with Gasteiger partial charge in [0.1, 0.15) is 11.6 Å². The maximum absolute atomic E-state index is 14.2. The van der Waals surface area contributed by atoms with Gasteiger partial charge in [-0.05, 0) is 61.6 Å². The fraction of sp³-hybridized carbons (Fsp3) is 0.259. The van der Waals surface area contributed by atoms with E-state index in [2.05, 4.69) is 0 Å². The zero-order valence-electron chi connectivity index (χ0n) is 20.3. The molecular weight excluding hydrogens is 483 g/mol. The fourth-order valence-electron chi connectivity index (χ4n) is 4.95. The monoisotopic (exact) mass is 508 g/mol. The van der Waals surface area contributed by atoms with Crippen LogP contribution in [0.25, 0.3) is 0 Å². The van der Waals surface area contributed by atoms with Gasteiger partial charge in [-0.1, -0.05) is 18.2 Å². The molecule has 0 aromatic heterocycles. The minimum atomic E-state index is -0.889. The maximum atomic E-state index is 14.2. The second kappa shape index (κ2) is 8.98. The van der Waals surface area contributed by atoms with Crippen LogP contribution in [-0.2, 0) is 0 Å². The van der Waals surface area contributed by atoms with Crippen molar-refractivity contribution >= 4 is 28.9 Å². The molecule has 2 heterocycles. The highest BCUT2D eigenvalue weighted by Crippen LogP contribution is 2.50. The van der Waals surface area contributed by atoms with E-state index in [0.29, 0.717) is 40.7 Å². The first-order valence-corrected chi connectivity index (χ1v) is 11.7. The van der Waals surface area contributed by atoms with Gasteiger partial charge >= 0.3 is 0 Å². The first kappa shape index (κ1) is 23.9. The summed E-state index contributed by atoms with van der Waals surface area (Å²) in [5.74, 6) is 1.05. The van der Waals surface area contributed by atoms with Crippen molar-refractivity contribution in [2.75, 3.05) is 26.2 Å². The molecular formula is C27H25FN2O5S. The van der Waals surface area contributed by atoms with Gasteiger partial charge in [0.2, 0.25) is 5.75 Å². The number of hydrogen-bond donors (Lipinski definition) is 0. The van der Waals surface area contributed by atoms with Crippen LogP contribution in [0.3, 0.4) is 0 Å². The summed E-state index contributed by atoms with van der Waals surface area (Å²) in [7, 11) is 4.49. The van der Waals surface area contributed by atoms with Crippen molar-refractivity contribution < 1.29 is 28.1 Å². The summed E-state index contributed by atoms with van der Waals surface area (Å²) in [6.45, 7) is 1.92. The van der Waals surface area contributed by atoms with Crippen LogP contribution < -0.4 is 23.8 Å². The lowest BCUT2D eigenvalue weighted by Crippen LogP contribution is -2.67. The molecule has 186 valence electrons. The summed E-state index contributed by atoms with van der Waals surface area (Å²) >= 11 is 5.94. The smallest absolute Gasteiger partial charge is 0.260 e. The van der Waals surface area contributed by atoms with Gasteiger partial charge in [-0.15, -0.1) is 0 Å². The Balaban J connectivity index is 1.67. The molecule has 1 saturated heterocycles. The predicted molar refractivity (Wildman–Crippen MR) is 137 cm³/mol. The van der Waals surface area contributed by atoms with E-state index in [9.17, 15) is 9.18 Å². The van der Waals surface area contributed by atoms with Crippen LogP contribution in [0.4, 0.5) is 10.1 Å². The largest absolute Gasteiger partial charge is 0.493 e. The van der Waals surface area contributed by atoms with Gasteiger partial charge in [0.05, 0.1) is 27.4 Å². The minimum absolute atomic E-state index is 0.244. The van der Waals surface area contributed by atoms with E-state index in [4.69, 9.17) is 31.2 Å². The maximum Gasteiger partial charge on any atom is 0.260 e. The van der Waals surface area contributed by atoms with Crippen molar-refractivity contribution in [1.29, 1.82) is 0 Å². The van der Waals surface area contributed by atoms with E-state index in [1.54, 1.807) is 34.1 Å². The molecule has 7 nitrogen and oxygen atoms in total. The van der Waals surface area contributed by atoms with E-state index >= 15 is 0 Å². The van der Waals surface area contributed by atoms with Gasteiger partial charge in [0, 0.05) is 23.2 Å². The lowest BCUT2D eigenvalue weighted by molar-refractivity contribution is 0.0183. The standard InChI is InChI=1S/C27H25FN2O5S/c1-27-15-20(19-7-5-6-8-21(19)35-27)29(26(36)30(27)18-11-9-17(28)10-12-18)25(31)16-13-22(32-2)24(34-4)23(14-16)33-3/h5-14,20H,15H2,1-4H3/t20-,27-/m0/s1. The van der Waals surface area contributed by atoms with Crippen LogP contribution in [0.1, 0.15) is 35.3 Å². The van der Waals surface area contributed by atoms with Crippen molar-refractivity contribution in [3.63, 3.8) is 0 Å². The molecule has 3 aromatic carbocycles. The Morgan fingerprint density at radius 1 is 1.03 bits per heavy atom. The SMILES string of the molecule is COc1cc(C(=O)N2C(=S)N(c3ccc(F)cc3)[C@]3(C)C[C@H]2c2ccccc2O3)cc(OC)c1OC. The second-order valence-corrected chi connectivity index (χ2v) is 9.08. The van der Waals surface area contributed by atoms with Crippen LogP contribution in [0.5, 0.6) is 23.0 Å². The van der Waals surface area contributed by atoms with Crippen molar-refractivity contribution in [3.8, 4) is 23.0 Å². The molecule has 0 unspecified atom stereocenters. The lowest BCUT2D eigenvalue weighted by Gasteiger charge is -2.55. The molecule has 1 amide bonds. The molecule has 0 spiro atoms. The predicted octanol–water partition coefficient (Wildman–Crippen LogP) is 5.34. The highest BCUT2D eigenvalue weighted by Gasteiger charge is 2.53. The highest BCUT2D eigenvalue weighted by molar-refractivity contribution is 7.80. The lowest BCUT2D eigenvalue weighted by atomic mass is 9.88. The Labute approximate surface area is 213 Å². The van der Waals surface area contributed by atoms with Crippen LogP contribution in [0.15, 0.2) is 60.7 Å². The molecule has 5 rings (SSSR count). The topological polar surface area (TPSA) is 60.5 Å². The van der Waals surface area contributed by atoms with Crippen LogP contribution in [0, 0.1) is 5.82 Å². The zero-order chi connectivity index (χ0) is 25.6. The van der Waals surface area contributed by atoms with Gasteiger partial charge < -0.3 is 18.9 Å². The molecule has 2 aliphatic heterocycles. The van der Waals surface area contributed by atoms with E-state index in [0.717, 1.165) is 5.56 Å². The quantitative estimate of drug-likeness (QED) is 0.431. The van der Waals surface area contributed by atoms with Gasteiger partial charge in [-0.3, -0.25) is 14.6 Å². The molecule has 2 bridgehead atoms. The summed E-state index contributed by atoms with van der Waals surface area (Å²) in [5, 5.41) is 0.244. The molecule has 0 radical (unpaired) electrons. The third-order valence-corrected chi connectivity index (χ3v) is 6.96. The Morgan fingerprint density at radius 2 is 1.67 bits per heavy atom. The van der Waals surface area contributed by atoms with Crippen molar-refractivity contribution in [1.82, 2.24) is 4.90 Å². The zero-order valence-corrected chi connectivity index (χ0v) is 21.1. The van der Waals surface area contributed by atoms with Crippen LogP contribution in [-0.4, -0.2) is 43.0 Å². The molecule has 9 heteroatoms. The number of anilines is 1. The van der Waals surface area contributed by atoms with E-state index in [-0.39, 0.29) is 22.9 Å². The third-order valence-electron chi connectivity index (χ3n) is 6.58. The number of fused-ring (bicyclic) bond motifs is 4. The van der Waals surface area contributed by atoms with Crippen molar-refractivity contribution in [2.45, 2.75) is 25.1 Å². The fourth-order valence-corrected chi connectivity index (χ4v) is 5.46. The summed E-state index contributed by atoms with van der Waals surface area (Å²) in [6.07, 6.45) is 0.442. The Bertz CT molecular complexity index is 1320. The number of amides is 1. The Kier molecular flexibility index (Phi) is 5.96. The second-order valence-electron chi connectivity index (χ2n) is 8.72. The number of ether oxygens (including phenoxy) is 4. The normalized spacial score (nSPS) is 20.4. The summed E-state index contributed by atoms with van der Waals surface area (Å²) in [5.41, 5.74) is 0.903. The van der Waals surface area contributed by atoms with Gasteiger partial charge in [-0.2, -0.15) is 0 Å². The summed E-state index contributed by atoms with van der Waals surface area (Å²) in [6, 6.07) is 16.4. The van der Waals surface area contributed by atoms with Gasteiger partial charge in [0.15, 0.2) is 22.3 Å². The Morgan fingerprint density at radius 3 is 2.28 bits per heavy atom. The summed E-state index contributed by atoms with van der Waals surface area (Å²) in [4.78, 5) is 17.5. The molecule has 2 aliphatic rings. The molecule has 1 fully saturated rings. The number of nitrogens with zero attached hydrogens (tertiary/aromatic N) is 2. The number of hydrogen-bond acceptors (Lipinski definition) is 6. The van der Waals surface area contributed by atoms with Crippen LogP contribution >= 0.6 is 12.2 Å². The number of para-hydroxylation sites is 1. The number of carbonyl (C=O) groups excluding carboxylic acids is 1. The number of thiocarbonyl (C=S) groups is 1. The van der Waals surface area contributed by atoms with E-state index < -0.39 is 5.72 Å².